The second-order valence-corrected chi connectivity index (χ2v) is 8.17. The van der Waals surface area contributed by atoms with Gasteiger partial charge in [0, 0.05) is 17.5 Å². The van der Waals surface area contributed by atoms with Crippen LogP contribution >= 0.6 is 0 Å². The molecule has 2 N–H and O–H groups in total. The predicted octanol–water partition coefficient (Wildman–Crippen LogP) is 4.09. The first kappa shape index (κ1) is 19.4. The summed E-state index contributed by atoms with van der Waals surface area (Å²) < 4.78 is 28.6. The van der Waals surface area contributed by atoms with E-state index in [1.165, 1.54) is 12.1 Å². The number of amides is 1. The molecule has 0 aliphatic heterocycles. The van der Waals surface area contributed by atoms with Crippen molar-refractivity contribution < 1.29 is 17.9 Å². The second-order valence-electron chi connectivity index (χ2n) is 6.15. The molecule has 0 spiro atoms. The van der Waals surface area contributed by atoms with Crippen molar-refractivity contribution in [3.63, 3.8) is 0 Å². The molecular formula is C21H20N2O4S. The molecule has 0 aromatic heterocycles. The fourth-order valence-electron chi connectivity index (χ4n) is 2.59. The minimum absolute atomic E-state index is 0.102. The maximum absolute atomic E-state index is 12.6. The number of hydrogen-bond donors (Lipinski definition) is 2. The molecule has 0 atom stereocenters. The number of para-hydroxylation sites is 2. The highest BCUT2D eigenvalue weighted by Gasteiger charge is 2.13. The van der Waals surface area contributed by atoms with E-state index < -0.39 is 15.7 Å². The summed E-state index contributed by atoms with van der Waals surface area (Å²) in [4.78, 5) is 12.7. The first-order valence-corrected chi connectivity index (χ1v) is 10.4. The van der Waals surface area contributed by atoms with E-state index in [1.54, 1.807) is 25.3 Å². The van der Waals surface area contributed by atoms with Gasteiger partial charge in [0.25, 0.3) is 5.91 Å². The lowest BCUT2D eigenvalue weighted by molar-refractivity contribution is 0.102. The molecule has 3 aromatic carbocycles. The van der Waals surface area contributed by atoms with Crippen molar-refractivity contribution in [2.75, 3.05) is 24.0 Å². The average molecular weight is 396 g/mol. The predicted molar refractivity (Wildman–Crippen MR) is 110 cm³/mol. The summed E-state index contributed by atoms with van der Waals surface area (Å²) in [6.45, 7) is 0. The smallest absolute Gasteiger partial charge is 0.255 e. The summed E-state index contributed by atoms with van der Waals surface area (Å²) in [5, 5.41) is 6.08. The molecule has 6 nitrogen and oxygen atoms in total. The quantitative estimate of drug-likeness (QED) is 0.655. The Morgan fingerprint density at radius 2 is 1.57 bits per heavy atom. The number of benzene rings is 3. The Balaban J connectivity index is 1.82. The zero-order chi connectivity index (χ0) is 20.1. The molecule has 0 aliphatic carbocycles. The molecular weight excluding hydrogens is 376 g/mol. The fourth-order valence-corrected chi connectivity index (χ4v) is 3.26. The van der Waals surface area contributed by atoms with Crippen LogP contribution in [0.5, 0.6) is 5.75 Å². The van der Waals surface area contributed by atoms with Crippen molar-refractivity contribution in [2.24, 2.45) is 0 Å². The number of hydrogen-bond acceptors (Lipinski definition) is 5. The third-order valence-electron chi connectivity index (χ3n) is 4.07. The van der Waals surface area contributed by atoms with Gasteiger partial charge >= 0.3 is 0 Å². The zero-order valence-corrected chi connectivity index (χ0v) is 16.3. The molecule has 1 amide bonds. The largest absolute Gasteiger partial charge is 0.497 e. The number of anilines is 3. The lowest BCUT2D eigenvalue weighted by Crippen LogP contribution is -2.13. The molecule has 7 heteroatoms. The van der Waals surface area contributed by atoms with E-state index >= 15 is 0 Å². The summed E-state index contributed by atoms with van der Waals surface area (Å²) in [7, 11) is -1.79. The first-order chi connectivity index (χ1) is 13.4. The van der Waals surface area contributed by atoms with Crippen molar-refractivity contribution >= 4 is 32.8 Å². The molecule has 3 rings (SSSR count). The molecule has 0 unspecified atom stereocenters. The van der Waals surface area contributed by atoms with Gasteiger partial charge in [-0.15, -0.1) is 0 Å². The first-order valence-electron chi connectivity index (χ1n) is 8.48. The van der Waals surface area contributed by atoms with Crippen molar-refractivity contribution in [3.8, 4) is 5.75 Å². The highest BCUT2D eigenvalue weighted by molar-refractivity contribution is 7.90. The highest BCUT2D eigenvalue weighted by atomic mass is 32.2. The molecule has 0 saturated heterocycles. The van der Waals surface area contributed by atoms with Gasteiger partial charge in [0.2, 0.25) is 0 Å². The monoisotopic (exact) mass is 396 g/mol. The molecule has 0 aliphatic rings. The summed E-state index contributed by atoms with van der Waals surface area (Å²) in [6.07, 6.45) is 1.11. The Hall–Kier alpha value is -3.32. The van der Waals surface area contributed by atoms with Crippen molar-refractivity contribution in [2.45, 2.75) is 4.90 Å². The maximum Gasteiger partial charge on any atom is 0.255 e. The van der Waals surface area contributed by atoms with Gasteiger partial charge in [-0.3, -0.25) is 4.79 Å². The second kappa shape index (κ2) is 8.14. The molecule has 144 valence electrons. The van der Waals surface area contributed by atoms with Gasteiger partial charge in [-0.25, -0.2) is 8.42 Å². The Morgan fingerprint density at radius 1 is 0.893 bits per heavy atom. The average Bonchev–Trinajstić information content (AvgIpc) is 2.69. The molecule has 0 bridgehead atoms. The lowest BCUT2D eigenvalue weighted by atomic mass is 10.2. The van der Waals surface area contributed by atoms with Crippen LogP contribution in [0.3, 0.4) is 0 Å². The lowest BCUT2D eigenvalue weighted by Gasteiger charge is -2.14. The standard InChI is InChI=1S/C21H20N2O4S/c1-27-17-12-10-16(11-13-17)22-19-8-3-4-9-20(19)23-21(24)15-6-5-7-18(14-15)28(2,25)26/h3-14,22H,1-2H3,(H,23,24). The van der Waals surface area contributed by atoms with Gasteiger partial charge in [0.1, 0.15) is 5.75 Å². The number of ether oxygens (including phenoxy) is 1. The number of carbonyl (C=O) groups is 1. The minimum atomic E-state index is -3.39. The van der Waals surface area contributed by atoms with Crippen molar-refractivity contribution in [1.82, 2.24) is 0 Å². The SMILES string of the molecule is COc1ccc(Nc2ccccc2NC(=O)c2cccc(S(C)(=O)=O)c2)cc1. The van der Waals surface area contributed by atoms with Crippen LogP contribution < -0.4 is 15.4 Å². The Bertz CT molecular complexity index is 1090. The van der Waals surface area contributed by atoms with E-state index in [2.05, 4.69) is 10.6 Å². The van der Waals surface area contributed by atoms with E-state index in [0.29, 0.717) is 11.4 Å². The van der Waals surface area contributed by atoms with Crippen LogP contribution in [0.1, 0.15) is 10.4 Å². The Kier molecular flexibility index (Phi) is 5.65. The van der Waals surface area contributed by atoms with E-state index in [4.69, 9.17) is 4.74 Å². The van der Waals surface area contributed by atoms with Gasteiger partial charge in [0.15, 0.2) is 9.84 Å². The Morgan fingerprint density at radius 3 is 2.21 bits per heavy atom. The van der Waals surface area contributed by atoms with Gasteiger partial charge in [-0.05, 0) is 54.6 Å². The molecule has 0 fully saturated rings. The number of nitrogens with one attached hydrogen (secondary N) is 2. The van der Waals surface area contributed by atoms with E-state index in [0.717, 1.165) is 17.7 Å². The summed E-state index contributed by atoms with van der Waals surface area (Å²) >= 11 is 0. The summed E-state index contributed by atoms with van der Waals surface area (Å²) in [5.74, 6) is 0.354. The van der Waals surface area contributed by atoms with Crippen LogP contribution in [-0.4, -0.2) is 27.7 Å². The number of methoxy groups -OCH3 is 1. The van der Waals surface area contributed by atoms with Crippen molar-refractivity contribution in [1.29, 1.82) is 0 Å². The van der Waals surface area contributed by atoms with Crippen molar-refractivity contribution in [3.05, 3.63) is 78.4 Å². The van der Waals surface area contributed by atoms with Crippen LogP contribution in [0.25, 0.3) is 0 Å². The highest BCUT2D eigenvalue weighted by Crippen LogP contribution is 2.27. The number of carbonyl (C=O) groups excluding carboxylic acids is 1. The topological polar surface area (TPSA) is 84.5 Å². The minimum Gasteiger partial charge on any atom is -0.497 e. The van der Waals surface area contributed by atoms with Crippen LogP contribution in [0.15, 0.2) is 77.7 Å². The normalized spacial score (nSPS) is 10.9. The van der Waals surface area contributed by atoms with E-state index in [1.807, 2.05) is 42.5 Å². The van der Waals surface area contributed by atoms with Gasteiger partial charge in [-0.1, -0.05) is 18.2 Å². The molecule has 0 radical (unpaired) electrons. The molecule has 3 aromatic rings. The summed E-state index contributed by atoms with van der Waals surface area (Å²) in [5.41, 5.74) is 2.39. The van der Waals surface area contributed by atoms with Crippen LogP contribution in [0.2, 0.25) is 0 Å². The summed E-state index contributed by atoms with van der Waals surface area (Å²) in [6, 6.07) is 20.6. The third-order valence-corrected chi connectivity index (χ3v) is 5.18. The fraction of sp³-hybridized carbons (Fsp3) is 0.0952. The van der Waals surface area contributed by atoms with Crippen LogP contribution in [0, 0.1) is 0 Å². The van der Waals surface area contributed by atoms with Crippen LogP contribution in [0.4, 0.5) is 17.1 Å². The van der Waals surface area contributed by atoms with Crippen LogP contribution in [-0.2, 0) is 9.84 Å². The van der Waals surface area contributed by atoms with Gasteiger partial charge in [-0.2, -0.15) is 0 Å². The van der Waals surface area contributed by atoms with Gasteiger partial charge < -0.3 is 15.4 Å². The van der Waals surface area contributed by atoms with E-state index in [-0.39, 0.29) is 10.5 Å². The number of rotatable bonds is 6. The third kappa shape index (κ3) is 4.69. The van der Waals surface area contributed by atoms with E-state index in [9.17, 15) is 13.2 Å². The molecule has 0 saturated carbocycles. The maximum atomic E-state index is 12.6. The molecule has 0 heterocycles. The number of sulfone groups is 1. The Labute approximate surface area is 164 Å². The zero-order valence-electron chi connectivity index (χ0n) is 15.5. The van der Waals surface area contributed by atoms with Gasteiger partial charge in [0.05, 0.1) is 23.4 Å². The molecule has 28 heavy (non-hydrogen) atoms.